The molecule has 0 unspecified atom stereocenters. The fraction of sp³-hybridized carbons (Fsp3) is 0.833. The molecule has 1 aliphatic carbocycles. The summed E-state index contributed by atoms with van der Waals surface area (Å²) in [5, 5.41) is 3.52. The zero-order valence-electron chi connectivity index (χ0n) is 8.90. The Bertz CT molecular complexity index is 178. The van der Waals surface area contributed by atoms with Crippen molar-refractivity contribution in [1.82, 2.24) is 5.32 Å². The summed E-state index contributed by atoms with van der Waals surface area (Å²) in [5.74, 6) is 2.66. The Kier molecular flexibility index (Phi) is 3.81. The molecule has 1 rings (SSSR count). The van der Waals surface area contributed by atoms with Crippen LogP contribution in [0.15, 0.2) is 0 Å². The van der Waals surface area contributed by atoms with Crippen LogP contribution in [0.4, 0.5) is 0 Å². The Morgan fingerprint density at radius 3 is 2.54 bits per heavy atom. The third-order valence-electron chi connectivity index (χ3n) is 3.04. The molecule has 1 nitrogen and oxygen atoms in total. The highest BCUT2D eigenvalue weighted by Crippen LogP contribution is 2.34. The molecule has 0 aliphatic heterocycles. The molecule has 0 bridgehead atoms. The van der Waals surface area contributed by atoms with Gasteiger partial charge in [0, 0.05) is 19.0 Å². The molecule has 0 aromatic carbocycles. The van der Waals surface area contributed by atoms with Crippen LogP contribution in [0.2, 0.25) is 0 Å². The zero-order chi connectivity index (χ0) is 9.73. The average molecular weight is 179 g/mol. The van der Waals surface area contributed by atoms with Crippen molar-refractivity contribution in [3.63, 3.8) is 0 Å². The van der Waals surface area contributed by atoms with Crippen molar-refractivity contribution in [3.05, 3.63) is 0 Å². The van der Waals surface area contributed by atoms with Crippen molar-refractivity contribution >= 4 is 0 Å². The van der Waals surface area contributed by atoms with E-state index in [0.717, 1.165) is 19.0 Å². The van der Waals surface area contributed by atoms with Gasteiger partial charge in [0.1, 0.15) is 0 Å². The summed E-state index contributed by atoms with van der Waals surface area (Å²) >= 11 is 0. The lowest BCUT2D eigenvalue weighted by atomic mass is 9.75. The molecule has 1 N–H and O–H groups in total. The fourth-order valence-electron chi connectivity index (χ4n) is 1.95. The molecule has 0 spiro atoms. The van der Waals surface area contributed by atoms with Gasteiger partial charge in [-0.3, -0.25) is 0 Å². The Labute approximate surface area is 82.3 Å². The van der Waals surface area contributed by atoms with E-state index >= 15 is 0 Å². The van der Waals surface area contributed by atoms with Crippen LogP contribution in [0, 0.1) is 17.8 Å². The van der Waals surface area contributed by atoms with Crippen molar-refractivity contribution in [3.8, 4) is 12.3 Å². The first-order valence-electron chi connectivity index (χ1n) is 5.31. The summed E-state index contributed by atoms with van der Waals surface area (Å²) in [6.45, 7) is 5.72. The first-order valence-corrected chi connectivity index (χ1v) is 5.31. The maximum Gasteiger partial charge on any atom is 0.0211 e. The van der Waals surface area contributed by atoms with Gasteiger partial charge in [-0.15, -0.1) is 12.3 Å². The summed E-state index contributed by atoms with van der Waals surface area (Å²) in [5.41, 5.74) is 0.574. The van der Waals surface area contributed by atoms with Gasteiger partial charge < -0.3 is 5.32 Å². The van der Waals surface area contributed by atoms with Gasteiger partial charge in [0.15, 0.2) is 0 Å². The summed E-state index contributed by atoms with van der Waals surface area (Å²) in [6, 6.07) is 0.723. The standard InChI is InChI=1S/C12H21N/c1-4-5-10-13-11-6-8-12(2,3)9-7-11/h1,11,13H,5-10H2,2-3H3. The van der Waals surface area contributed by atoms with Crippen LogP contribution in [0.1, 0.15) is 46.0 Å². The van der Waals surface area contributed by atoms with Crippen molar-refractivity contribution in [2.24, 2.45) is 5.41 Å². The highest BCUT2D eigenvalue weighted by Gasteiger charge is 2.25. The monoisotopic (exact) mass is 179 g/mol. The van der Waals surface area contributed by atoms with E-state index in [1.807, 2.05) is 0 Å². The molecule has 1 fully saturated rings. The minimum Gasteiger partial charge on any atom is -0.313 e. The van der Waals surface area contributed by atoms with E-state index in [0.29, 0.717) is 5.41 Å². The lowest BCUT2D eigenvalue weighted by molar-refractivity contribution is 0.207. The van der Waals surface area contributed by atoms with Crippen LogP contribution in [0.25, 0.3) is 0 Å². The maximum atomic E-state index is 5.20. The van der Waals surface area contributed by atoms with Crippen LogP contribution >= 0.6 is 0 Å². The van der Waals surface area contributed by atoms with E-state index in [-0.39, 0.29) is 0 Å². The Morgan fingerprint density at radius 2 is 2.00 bits per heavy atom. The van der Waals surface area contributed by atoms with Gasteiger partial charge in [-0.25, -0.2) is 0 Å². The molecule has 13 heavy (non-hydrogen) atoms. The van der Waals surface area contributed by atoms with Gasteiger partial charge in [0.05, 0.1) is 0 Å². The van der Waals surface area contributed by atoms with Crippen LogP contribution in [0.3, 0.4) is 0 Å². The molecular weight excluding hydrogens is 158 g/mol. The van der Waals surface area contributed by atoms with Crippen LogP contribution < -0.4 is 5.32 Å². The average Bonchev–Trinajstić information content (AvgIpc) is 2.08. The van der Waals surface area contributed by atoms with Gasteiger partial charge in [-0.05, 0) is 31.1 Å². The van der Waals surface area contributed by atoms with Gasteiger partial charge in [-0.1, -0.05) is 13.8 Å². The number of rotatable bonds is 3. The van der Waals surface area contributed by atoms with E-state index in [1.54, 1.807) is 0 Å². The normalized spacial score (nSPS) is 22.5. The highest BCUT2D eigenvalue weighted by atomic mass is 14.9. The van der Waals surface area contributed by atoms with Crippen molar-refractivity contribution in [1.29, 1.82) is 0 Å². The summed E-state index contributed by atoms with van der Waals surface area (Å²) in [6.07, 6.45) is 11.4. The molecule has 0 aromatic heterocycles. The molecule has 0 amide bonds. The maximum absolute atomic E-state index is 5.20. The van der Waals surface area contributed by atoms with E-state index in [2.05, 4.69) is 25.1 Å². The largest absolute Gasteiger partial charge is 0.313 e. The van der Waals surface area contributed by atoms with Crippen LogP contribution in [-0.4, -0.2) is 12.6 Å². The predicted octanol–water partition coefficient (Wildman–Crippen LogP) is 2.57. The Hall–Kier alpha value is -0.480. The molecular formula is C12H21N. The first-order chi connectivity index (χ1) is 6.14. The molecule has 0 radical (unpaired) electrons. The van der Waals surface area contributed by atoms with Gasteiger partial charge in [0.25, 0.3) is 0 Å². The Balaban J connectivity index is 2.15. The highest BCUT2D eigenvalue weighted by molar-refractivity contribution is 4.86. The number of hydrogen-bond acceptors (Lipinski definition) is 1. The second-order valence-electron chi connectivity index (χ2n) is 4.85. The molecule has 1 heteroatoms. The molecule has 0 saturated heterocycles. The number of hydrogen-bond donors (Lipinski definition) is 1. The molecule has 0 heterocycles. The summed E-state index contributed by atoms with van der Waals surface area (Å²) in [7, 11) is 0. The lowest BCUT2D eigenvalue weighted by Gasteiger charge is -2.34. The minimum atomic E-state index is 0.574. The van der Waals surface area contributed by atoms with Crippen molar-refractivity contribution in [2.75, 3.05) is 6.54 Å². The molecule has 0 atom stereocenters. The summed E-state index contributed by atoms with van der Waals surface area (Å²) in [4.78, 5) is 0. The molecule has 1 saturated carbocycles. The van der Waals surface area contributed by atoms with E-state index in [4.69, 9.17) is 6.42 Å². The second kappa shape index (κ2) is 4.67. The van der Waals surface area contributed by atoms with E-state index in [9.17, 15) is 0 Å². The van der Waals surface area contributed by atoms with Crippen LogP contribution in [0.5, 0.6) is 0 Å². The summed E-state index contributed by atoms with van der Waals surface area (Å²) < 4.78 is 0. The second-order valence-corrected chi connectivity index (χ2v) is 4.85. The molecule has 0 aromatic rings. The number of terminal acetylenes is 1. The first kappa shape index (κ1) is 10.6. The zero-order valence-corrected chi connectivity index (χ0v) is 8.90. The van der Waals surface area contributed by atoms with Crippen molar-refractivity contribution < 1.29 is 0 Å². The SMILES string of the molecule is C#CCCNC1CCC(C)(C)CC1. The quantitative estimate of drug-likeness (QED) is 0.518. The van der Waals surface area contributed by atoms with Gasteiger partial charge in [-0.2, -0.15) is 0 Å². The lowest BCUT2D eigenvalue weighted by Crippen LogP contribution is -2.35. The number of nitrogens with one attached hydrogen (secondary N) is 1. The third kappa shape index (κ3) is 3.83. The third-order valence-corrected chi connectivity index (χ3v) is 3.04. The minimum absolute atomic E-state index is 0.574. The van der Waals surface area contributed by atoms with Crippen molar-refractivity contribution in [2.45, 2.75) is 52.0 Å². The topological polar surface area (TPSA) is 12.0 Å². The Morgan fingerprint density at radius 1 is 1.38 bits per heavy atom. The van der Waals surface area contributed by atoms with Crippen LogP contribution in [-0.2, 0) is 0 Å². The smallest absolute Gasteiger partial charge is 0.0211 e. The van der Waals surface area contributed by atoms with Gasteiger partial charge >= 0.3 is 0 Å². The molecule has 74 valence electrons. The van der Waals surface area contributed by atoms with E-state index < -0.39 is 0 Å². The van der Waals surface area contributed by atoms with Gasteiger partial charge in [0.2, 0.25) is 0 Å². The van der Waals surface area contributed by atoms with E-state index in [1.165, 1.54) is 25.7 Å². The predicted molar refractivity (Wildman–Crippen MR) is 57.5 cm³/mol. The molecule has 1 aliphatic rings. The fourth-order valence-corrected chi connectivity index (χ4v) is 1.95.